The van der Waals surface area contributed by atoms with E-state index in [4.69, 9.17) is 4.42 Å². The first-order chi connectivity index (χ1) is 10.7. The van der Waals surface area contributed by atoms with Crippen LogP contribution in [0.2, 0.25) is 0 Å². The van der Waals surface area contributed by atoms with Gasteiger partial charge in [-0.05, 0) is 37.6 Å². The van der Waals surface area contributed by atoms with Crippen LogP contribution in [0, 0.1) is 6.92 Å². The average Bonchev–Trinajstić information content (AvgIpc) is 3.07. The third kappa shape index (κ3) is 2.51. The summed E-state index contributed by atoms with van der Waals surface area (Å²) >= 11 is 0. The first kappa shape index (κ1) is 15.9. The molecule has 2 aromatic rings. The molecular formula is C16H17NO5S. The number of benzene rings is 1. The van der Waals surface area contributed by atoms with E-state index in [1.54, 1.807) is 24.3 Å². The molecule has 0 saturated carbocycles. The Morgan fingerprint density at radius 3 is 2.48 bits per heavy atom. The second kappa shape index (κ2) is 5.31. The van der Waals surface area contributed by atoms with Crippen LogP contribution in [0.5, 0.6) is 0 Å². The summed E-state index contributed by atoms with van der Waals surface area (Å²) in [7, 11) is -4.16. The molecule has 0 amide bonds. The third-order valence-corrected chi connectivity index (χ3v) is 5.85. The Kier molecular flexibility index (Phi) is 3.68. The summed E-state index contributed by atoms with van der Waals surface area (Å²) in [5.41, 5.74) is 0.895. The van der Waals surface area contributed by atoms with Crippen LogP contribution in [-0.2, 0) is 10.0 Å². The fourth-order valence-corrected chi connectivity index (χ4v) is 4.37. The number of nitrogens with zero attached hydrogens (tertiary/aromatic N) is 1. The lowest BCUT2D eigenvalue weighted by Crippen LogP contribution is -2.48. The minimum absolute atomic E-state index is 0.00501. The van der Waals surface area contributed by atoms with Crippen LogP contribution in [0.3, 0.4) is 0 Å². The maximum atomic E-state index is 12.9. The lowest BCUT2D eigenvalue weighted by atomic mass is 10.1. The number of hydrogen-bond acceptors (Lipinski definition) is 5. The highest BCUT2D eigenvalue weighted by molar-refractivity contribution is 7.89. The van der Waals surface area contributed by atoms with Crippen LogP contribution < -0.4 is 0 Å². The minimum atomic E-state index is -4.16. The number of sulfonamides is 1. The molecule has 1 fully saturated rings. The molecule has 1 saturated heterocycles. The van der Waals surface area contributed by atoms with Crippen LogP contribution in [0.1, 0.15) is 23.8 Å². The molecule has 1 aromatic heterocycles. The van der Waals surface area contributed by atoms with Crippen molar-refractivity contribution in [1.82, 2.24) is 4.31 Å². The van der Waals surface area contributed by atoms with E-state index in [2.05, 4.69) is 6.58 Å². The SMILES string of the molecule is C=C1CC(c2ccco2)N(S(=O)(=O)c2ccc(C)cc2)C1(O)O. The Morgan fingerprint density at radius 2 is 1.91 bits per heavy atom. The Labute approximate surface area is 134 Å². The van der Waals surface area contributed by atoms with Crippen LogP contribution in [0.15, 0.2) is 64.1 Å². The van der Waals surface area contributed by atoms with E-state index in [-0.39, 0.29) is 16.9 Å². The highest BCUT2D eigenvalue weighted by Gasteiger charge is 2.55. The Hall–Kier alpha value is -1.93. The molecule has 23 heavy (non-hydrogen) atoms. The fourth-order valence-electron chi connectivity index (χ4n) is 2.68. The van der Waals surface area contributed by atoms with Crippen LogP contribution in [-0.4, -0.2) is 28.8 Å². The smallest absolute Gasteiger partial charge is 0.262 e. The number of rotatable bonds is 3. The van der Waals surface area contributed by atoms with E-state index in [1.165, 1.54) is 18.4 Å². The summed E-state index contributed by atoms with van der Waals surface area (Å²) in [5.74, 6) is -2.34. The zero-order valence-corrected chi connectivity index (χ0v) is 13.3. The van der Waals surface area contributed by atoms with Gasteiger partial charge in [-0.1, -0.05) is 24.3 Å². The van der Waals surface area contributed by atoms with Gasteiger partial charge >= 0.3 is 0 Å². The lowest BCUT2D eigenvalue weighted by molar-refractivity contribution is -0.194. The van der Waals surface area contributed by atoms with Crippen molar-refractivity contribution in [3.8, 4) is 0 Å². The molecule has 3 rings (SSSR count). The van der Waals surface area contributed by atoms with Crippen LogP contribution >= 0.6 is 0 Å². The number of furan rings is 1. The Bertz CT molecular complexity index is 822. The second-order valence-corrected chi connectivity index (χ2v) is 7.40. The number of aryl methyl sites for hydroxylation is 1. The summed E-state index contributed by atoms with van der Waals surface area (Å²) in [4.78, 5) is -0.0261. The van der Waals surface area contributed by atoms with E-state index in [0.717, 1.165) is 5.56 Å². The molecule has 6 nitrogen and oxygen atoms in total. The molecule has 1 unspecified atom stereocenters. The summed E-state index contributed by atoms with van der Waals surface area (Å²) in [5, 5.41) is 20.6. The summed E-state index contributed by atoms with van der Waals surface area (Å²) in [6, 6.07) is 8.51. The van der Waals surface area contributed by atoms with Crippen molar-refractivity contribution in [2.75, 3.05) is 0 Å². The van der Waals surface area contributed by atoms with E-state index in [1.807, 2.05) is 6.92 Å². The van der Waals surface area contributed by atoms with Gasteiger partial charge in [0.2, 0.25) is 10.0 Å². The summed E-state index contributed by atoms with van der Waals surface area (Å²) < 4.78 is 31.8. The quantitative estimate of drug-likeness (QED) is 0.660. The van der Waals surface area contributed by atoms with Crippen molar-refractivity contribution in [2.45, 2.75) is 30.2 Å². The minimum Gasteiger partial charge on any atom is -0.468 e. The maximum absolute atomic E-state index is 12.9. The maximum Gasteiger partial charge on any atom is 0.262 e. The molecule has 1 aliphatic heterocycles. The Balaban J connectivity index is 2.13. The first-order valence-electron chi connectivity index (χ1n) is 7.02. The van der Waals surface area contributed by atoms with E-state index in [9.17, 15) is 18.6 Å². The first-order valence-corrected chi connectivity index (χ1v) is 8.46. The lowest BCUT2D eigenvalue weighted by Gasteiger charge is -2.30. The molecular weight excluding hydrogens is 318 g/mol. The average molecular weight is 335 g/mol. The van der Waals surface area contributed by atoms with Gasteiger partial charge in [-0.3, -0.25) is 0 Å². The van der Waals surface area contributed by atoms with Gasteiger partial charge in [0, 0.05) is 5.57 Å². The van der Waals surface area contributed by atoms with Gasteiger partial charge in [0.05, 0.1) is 17.2 Å². The fraction of sp³-hybridized carbons (Fsp3) is 0.250. The van der Waals surface area contributed by atoms with Gasteiger partial charge in [-0.15, -0.1) is 4.31 Å². The molecule has 0 bridgehead atoms. The van der Waals surface area contributed by atoms with E-state index in [0.29, 0.717) is 10.1 Å². The molecule has 0 spiro atoms. The van der Waals surface area contributed by atoms with Crippen LogP contribution in [0.4, 0.5) is 0 Å². The van der Waals surface area contributed by atoms with Crippen molar-refractivity contribution in [1.29, 1.82) is 0 Å². The largest absolute Gasteiger partial charge is 0.468 e. The van der Waals surface area contributed by atoms with Crippen molar-refractivity contribution < 1.29 is 23.0 Å². The zero-order valence-electron chi connectivity index (χ0n) is 12.5. The van der Waals surface area contributed by atoms with Crippen molar-refractivity contribution >= 4 is 10.0 Å². The van der Waals surface area contributed by atoms with Crippen molar-refractivity contribution in [3.63, 3.8) is 0 Å². The molecule has 1 atom stereocenters. The van der Waals surface area contributed by atoms with Crippen molar-refractivity contribution in [2.24, 2.45) is 0 Å². The van der Waals surface area contributed by atoms with Gasteiger partial charge in [0.1, 0.15) is 5.76 Å². The predicted octanol–water partition coefficient (Wildman–Crippen LogP) is 1.92. The highest BCUT2D eigenvalue weighted by atomic mass is 32.2. The standard InChI is InChI=1S/C16H17NO5S/c1-11-5-7-13(8-6-11)23(20,21)17-14(15-4-3-9-22-15)10-12(2)16(17,18)19/h3-9,14,18-19H,2,10H2,1H3. The van der Waals surface area contributed by atoms with Gasteiger partial charge in [0.25, 0.3) is 5.91 Å². The van der Waals surface area contributed by atoms with Gasteiger partial charge < -0.3 is 14.6 Å². The zero-order chi connectivity index (χ0) is 16.8. The second-order valence-electron chi connectivity index (χ2n) is 5.59. The topological polar surface area (TPSA) is 91.0 Å². The Morgan fingerprint density at radius 1 is 1.26 bits per heavy atom. The molecule has 1 aliphatic rings. The predicted molar refractivity (Wildman–Crippen MR) is 82.6 cm³/mol. The van der Waals surface area contributed by atoms with Crippen molar-refractivity contribution in [3.05, 3.63) is 66.1 Å². The molecule has 122 valence electrons. The molecule has 0 radical (unpaired) electrons. The molecule has 1 aromatic carbocycles. The number of aliphatic hydroxyl groups is 2. The molecule has 7 heteroatoms. The summed E-state index contributed by atoms with van der Waals surface area (Å²) in [6.45, 7) is 5.43. The monoisotopic (exact) mass is 335 g/mol. The normalized spacial score (nSPS) is 21.7. The van der Waals surface area contributed by atoms with Crippen LogP contribution in [0.25, 0.3) is 0 Å². The molecule has 0 aliphatic carbocycles. The summed E-state index contributed by atoms with van der Waals surface area (Å²) in [6.07, 6.45) is 1.47. The van der Waals surface area contributed by atoms with Gasteiger partial charge in [-0.2, -0.15) is 0 Å². The van der Waals surface area contributed by atoms with E-state index >= 15 is 0 Å². The van der Waals surface area contributed by atoms with Gasteiger partial charge in [-0.25, -0.2) is 8.42 Å². The highest BCUT2D eigenvalue weighted by Crippen LogP contribution is 2.46. The number of hydrogen-bond donors (Lipinski definition) is 2. The van der Waals surface area contributed by atoms with E-state index < -0.39 is 22.0 Å². The molecule has 2 heterocycles. The van der Waals surface area contributed by atoms with Gasteiger partial charge in [0.15, 0.2) is 0 Å². The third-order valence-electron chi connectivity index (χ3n) is 3.95. The molecule has 2 N–H and O–H groups in total.